The molecule has 2 fully saturated rings. The molecule has 4 N–H and O–H groups in total. The van der Waals surface area contributed by atoms with Crippen LogP contribution < -0.4 is 19.4 Å². The van der Waals surface area contributed by atoms with Crippen molar-refractivity contribution in [2.45, 2.75) is 71.6 Å². The number of amidine groups is 1. The number of hydrogen-bond donors (Lipinski definition) is 4. The van der Waals surface area contributed by atoms with E-state index in [1.165, 1.54) is 23.3 Å². The number of halogens is 2. The number of H-pyrrole nitrogens is 1. The number of aliphatic hydroxyl groups excluding tert-OH is 2. The third-order valence-electron chi connectivity index (χ3n) is 9.74. The van der Waals surface area contributed by atoms with Crippen LogP contribution in [0.4, 0.5) is 20.2 Å². The summed E-state index contributed by atoms with van der Waals surface area (Å²) in [6.07, 6.45) is 4.33. The molecule has 4 aromatic rings. The first-order valence-corrected chi connectivity index (χ1v) is 17.3. The molecule has 0 aliphatic carbocycles. The number of likely N-dealkylation sites (tertiary alicyclic amines) is 1. The number of fused-ring (bicyclic) bond motifs is 1. The molecule has 0 radical (unpaired) electrons. The van der Waals surface area contributed by atoms with Crippen molar-refractivity contribution in [1.29, 1.82) is 5.41 Å². The molecule has 13 heteroatoms. The van der Waals surface area contributed by atoms with Gasteiger partial charge in [-0.2, -0.15) is 5.10 Å². The molecule has 4 heterocycles. The number of pyridine rings is 1. The summed E-state index contributed by atoms with van der Waals surface area (Å²) in [5.41, 5.74) is 3.24. The third kappa shape index (κ3) is 7.69. The fourth-order valence-corrected chi connectivity index (χ4v) is 6.64. The van der Waals surface area contributed by atoms with Gasteiger partial charge in [0, 0.05) is 61.5 Å². The number of nitrogens with one attached hydrogen (secondary N) is 2. The lowest BCUT2D eigenvalue weighted by Crippen LogP contribution is -2.42. The van der Waals surface area contributed by atoms with Gasteiger partial charge in [-0.25, -0.2) is 18.8 Å². The highest BCUT2D eigenvalue weighted by Crippen LogP contribution is 2.38. The number of para-hydroxylation sites is 1. The number of rotatable bonds is 10. The number of aliphatic hydroxyl groups is 2. The number of nitrogens with zero attached hydrogens (tertiary/aromatic N) is 5. The Morgan fingerprint density at radius 1 is 1.08 bits per heavy atom. The van der Waals surface area contributed by atoms with Gasteiger partial charge in [-0.05, 0) is 89.3 Å². The van der Waals surface area contributed by atoms with E-state index >= 15 is 0 Å². The van der Waals surface area contributed by atoms with Crippen LogP contribution >= 0.6 is 0 Å². The van der Waals surface area contributed by atoms with Gasteiger partial charge in [-0.15, -0.1) is 0 Å². The second-order valence-corrected chi connectivity index (χ2v) is 13.5. The van der Waals surface area contributed by atoms with Crippen LogP contribution in [0.2, 0.25) is 0 Å². The molecule has 0 spiro atoms. The number of aryl methyl sites for hydroxylation is 1. The van der Waals surface area contributed by atoms with Crippen molar-refractivity contribution in [2.24, 2.45) is 5.10 Å². The third-order valence-corrected chi connectivity index (χ3v) is 9.74. The van der Waals surface area contributed by atoms with Gasteiger partial charge in [0.2, 0.25) is 11.6 Å². The maximum absolute atomic E-state index is 14.1. The van der Waals surface area contributed by atoms with Crippen LogP contribution in [0.5, 0.6) is 17.4 Å². The monoisotopic (exact) mass is 701 g/mol. The summed E-state index contributed by atoms with van der Waals surface area (Å²) in [5.74, 6) is -1.89. The number of piperidine rings is 2. The molecule has 0 amide bonds. The Bertz CT molecular complexity index is 1930. The molecule has 11 nitrogen and oxygen atoms in total. The molecule has 0 atom stereocenters. The summed E-state index contributed by atoms with van der Waals surface area (Å²) >= 11 is 0. The van der Waals surface area contributed by atoms with Crippen LogP contribution in [0.15, 0.2) is 59.3 Å². The van der Waals surface area contributed by atoms with E-state index in [9.17, 15) is 19.0 Å². The van der Waals surface area contributed by atoms with Gasteiger partial charge in [-0.3, -0.25) is 5.41 Å². The van der Waals surface area contributed by atoms with Crippen LogP contribution in [0.3, 0.4) is 0 Å². The molecule has 0 bridgehead atoms. The van der Waals surface area contributed by atoms with E-state index in [4.69, 9.17) is 14.9 Å². The lowest BCUT2D eigenvalue weighted by atomic mass is 10.0. The van der Waals surface area contributed by atoms with Crippen molar-refractivity contribution in [2.75, 3.05) is 36.1 Å². The fourth-order valence-electron chi connectivity index (χ4n) is 6.64. The molecule has 2 aliphatic rings. The van der Waals surface area contributed by atoms with Crippen molar-refractivity contribution in [1.82, 2.24) is 14.9 Å². The van der Waals surface area contributed by atoms with Crippen molar-refractivity contribution in [3.8, 4) is 17.4 Å². The zero-order chi connectivity index (χ0) is 36.4. The van der Waals surface area contributed by atoms with Crippen LogP contribution in [0.25, 0.3) is 16.7 Å². The Labute approximate surface area is 296 Å². The lowest BCUT2D eigenvalue weighted by Gasteiger charge is -2.36. The van der Waals surface area contributed by atoms with Crippen molar-refractivity contribution in [3.05, 3.63) is 77.1 Å². The highest BCUT2D eigenvalue weighted by molar-refractivity contribution is 6.11. The lowest BCUT2D eigenvalue weighted by molar-refractivity contribution is 0.0844. The topological polar surface area (TPSA) is 134 Å². The normalized spacial score (nSPS) is 16.7. The Balaban J connectivity index is 1.26. The largest absolute Gasteiger partial charge is 0.505 e. The Morgan fingerprint density at radius 3 is 2.39 bits per heavy atom. The number of hydrogen-bond acceptors (Lipinski definition) is 9. The molecule has 0 unspecified atom stereocenters. The predicted octanol–water partition coefficient (Wildman–Crippen LogP) is 7.54. The maximum atomic E-state index is 14.1. The van der Waals surface area contributed by atoms with Gasteiger partial charge < -0.3 is 34.5 Å². The minimum absolute atomic E-state index is 0.0477. The Morgan fingerprint density at radius 2 is 1.76 bits per heavy atom. The first-order chi connectivity index (χ1) is 24.4. The van der Waals surface area contributed by atoms with E-state index in [0.717, 1.165) is 60.4 Å². The Kier molecular flexibility index (Phi) is 10.6. The van der Waals surface area contributed by atoms with Crippen LogP contribution in [-0.4, -0.2) is 82.1 Å². The summed E-state index contributed by atoms with van der Waals surface area (Å²) in [4.78, 5) is 12.2. The zero-order valence-electron chi connectivity index (χ0n) is 29.4. The molecule has 6 rings (SSSR count). The summed E-state index contributed by atoms with van der Waals surface area (Å²) < 4.78 is 40.3. The van der Waals surface area contributed by atoms with Gasteiger partial charge >= 0.3 is 0 Å². The average molecular weight is 702 g/mol. The van der Waals surface area contributed by atoms with Gasteiger partial charge in [0.05, 0.1) is 29.4 Å². The number of aromatic nitrogens is 2. The van der Waals surface area contributed by atoms with E-state index in [2.05, 4.69) is 45.4 Å². The van der Waals surface area contributed by atoms with Gasteiger partial charge in [0.25, 0.3) is 0 Å². The first kappa shape index (κ1) is 35.8. The van der Waals surface area contributed by atoms with E-state index in [1.807, 2.05) is 18.2 Å². The molecule has 2 aliphatic heterocycles. The van der Waals surface area contributed by atoms with Crippen molar-refractivity contribution >= 4 is 40.6 Å². The van der Waals surface area contributed by atoms with E-state index in [0.29, 0.717) is 48.9 Å². The SMILES string of the molecule is C=NN(C(=N)C(C)=C(O)c1cc2cc(OC3CCN(C(C)C)CC3)c(N3CCC(O)CC3)cc2[nH]1)c1cnc(Oc2c(F)cccc2F)cc1C. The zero-order valence-corrected chi connectivity index (χ0v) is 29.4. The maximum Gasteiger partial charge on any atom is 0.219 e. The van der Waals surface area contributed by atoms with Gasteiger partial charge in [0.15, 0.2) is 17.5 Å². The summed E-state index contributed by atoms with van der Waals surface area (Å²) in [6.45, 7) is 14.7. The van der Waals surface area contributed by atoms with E-state index < -0.39 is 17.4 Å². The summed E-state index contributed by atoms with van der Waals surface area (Å²) in [6, 6.07) is 11.2. The van der Waals surface area contributed by atoms with Crippen LogP contribution in [0, 0.1) is 24.0 Å². The molecular formula is C38H45F2N7O4. The highest BCUT2D eigenvalue weighted by Gasteiger charge is 2.27. The molecular weight excluding hydrogens is 656 g/mol. The highest BCUT2D eigenvalue weighted by atomic mass is 19.1. The number of benzene rings is 2. The van der Waals surface area contributed by atoms with Gasteiger partial charge in [0.1, 0.15) is 17.6 Å². The second-order valence-electron chi connectivity index (χ2n) is 13.5. The quantitative estimate of drug-likeness (QED) is 0.0577. The molecule has 51 heavy (non-hydrogen) atoms. The number of hydrazone groups is 1. The van der Waals surface area contributed by atoms with Gasteiger partial charge in [-0.1, -0.05) is 6.07 Å². The summed E-state index contributed by atoms with van der Waals surface area (Å²) in [5, 5.41) is 36.6. The van der Waals surface area contributed by atoms with Crippen LogP contribution in [0.1, 0.15) is 57.7 Å². The second kappa shape index (κ2) is 15.1. The van der Waals surface area contributed by atoms with E-state index in [-0.39, 0.29) is 35.3 Å². The fraction of sp³-hybridized carbons (Fsp3) is 0.395. The van der Waals surface area contributed by atoms with E-state index in [1.54, 1.807) is 13.8 Å². The number of anilines is 2. The molecule has 2 aromatic carbocycles. The smallest absolute Gasteiger partial charge is 0.219 e. The first-order valence-electron chi connectivity index (χ1n) is 17.3. The minimum atomic E-state index is -0.864. The van der Waals surface area contributed by atoms with Crippen molar-refractivity contribution < 1.29 is 28.5 Å². The number of aromatic amines is 1. The average Bonchev–Trinajstić information content (AvgIpc) is 3.53. The van der Waals surface area contributed by atoms with Crippen molar-refractivity contribution in [3.63, 3.8) is 0 Å². The molecule has 0 saturated carbocycles. The summed E-state index contributed by atoms with van der Waals surface area (Å²) in [7, 11) is 0. The predicted molar refractivity (Wildman–Crippen MR) is 196 cm³/mol. The molecule has 270 valence electrons. The molecule has 2 saturated heterocycles. The molecule has 2 aromatic heterocycles. The minimum Gasteiger partial charge on any atom is -0.505 e. The Hall–Kier alpha value is -5.01. The standard InChI is InChI=1S/C38H45F2N7O4/c1-22(2)45-15-11-27(12-16-45)50-34-19-25-18-31(44-30(25)20-32(34)46-13-9-26(48)10-14-46)36(49)24(4)38(41)47(42-5)33-21-43-35(17-23(33)3)51-37-28(39)7-6-8-29(37)40/h6-8,17-22,26-27,41,44,48-49H,5,9-16H2,1-4H3. The van der Waals surface area contributed by atoms with Crippen LogP contribution in [-0.2, 0) is 0 Å². The number of ether oxygens (including phenoxy) is 2.